The number of hydrogen-bond donors (Lipinski definition) is 2. The van der Waals surface area contributed by atoms with Gasteiger partial charge < -0.3 is 19.6 Å². The summed E-state index contributed by atoms with van der Waals surface area (Å²) in [6.45, 7) is 3.92. The summed E-state index contributed by atoms with van der Waals surface area (Å²) in [6, 6.07) is 17.4. The topological polar surface area (TPSA) is 72.0 Å². The van der Waals surface area contributed by atoms with Crippen LogP contribution in [0.3, 0.4) is 0 Å². The molecule has 156 valence electrons. The van der Waals surface area contributed by atoms with E-state index in [-0.39, 0.29) is 12.5 Å². The molecule has 2 N–H and O–H groups in total. The lowest BCUT2D eigenvalue weighted by Gasteiger charge is -2.31. The van der Waals surface area contributed by atoms with Crippen LogP contribution in [0.2, 0.25) is 0 Å². The first-order valence-corrected chi connectivity index (χ1v) is 10.2. The van der Waals surface area contributed by atoms with E-state index in [1.165, 1.54) is 4.90 Å². The van der Waals surface area contributed by atoms with Gasteiger partial charge in [-0.3, -0.25) is 4.79 Å². The van der Waals surface area contributed by atoms with E-state index in [0.29, 0.717) is 24.3 Å². The van der Waals surface area contributed by atoms with E-state index in [9.17, 15) is 4.79 Å². The van der Waals surface area contributed by atoms with E-state index < -0.39 is 0 Å². The number of nitrogens with zero attached hydrogens (tertiary/aromatic N) is 3. The molecule has 3 aromatic rings. The summed E-state index contributed by atoms with van der Waals surface area (Å²) in [7, 11) is 1.63. The summed E-state index contributed by atoms with van der Waals surface area (Å²) < 4.78 is 7.13. The Morgan fingerprint density at radius 1 is 1.13 bits per heavy atom. The summed E-state index contributed by atoms with van der Waals surface area (Å²) in [5.41, 5.74) is 2.97. The standard InChI is InChI=1S/C23H26N4O3/c1-30-20-9-5-6-18(16-20)22-21(17-27(24-22)19-7-3-2-4-8-19)23(29)26-12-10-25(11-13-26)14-15-28/h2-9,16-17,28H,10-15H2,1H3/p+1. The van der Waals surface area contributed by atoms with Crippen LogP contribution in [-0.4, -0.2) is 72.1 Å². The fourth-order valence-corrected chi connectivity index (χ4v) is 3.83. The Hall–Kier alpha value is -3.16. The number of ether oxygens (including phenoxy) is 1. The molecule has 0 unspecified atom stereocenters. The van der Waals surface area contributed by atoms with E-state index in [1.807, 2.05) is 65.7 Å². The molecular formula is C23H27N4O3+. The van der Waals surface area contributed by atoms with Gasteiger partial charge in [0.05, 0.1) is 51.1 Å². The highest BCUT2D eigenvalue weighted by Gasteiger charge is 2.28. The normalized spacial score (nSPS) is 14.7. The van der Waals surface area contributed by atoms with Gasteiger partial charge in [0.15, 0.2) is 0 Å². The largest absolute Gasteiger partial charge is 0.497 e. The molecule has 4 rings (SSSR count). The molecular weight excluding hydrogens is 380 g/mol. The van der Waals surface area contributed by atoms with Crippen molar-refractivity contribution in [2.75, 3.05) is 46.4 Å². The molecule has 7 nitrogen and oxygen atoms in total. The van der Waals surface area contributed by atoms with Crippen molar-refractivity contribution >= 4 is 5.91 Å². The first-order valence-electron chi connectivity index (χ1n) is 10.2. The predicted molar refractivity (Wildman–Crippen MR) is 114 cm³/mol. The number of carbonyl (C=O) groups excluding carboxylic acids is 1. The highest BCUT2D eigenvalue weighted by Crippen LogP contribution is 2.28. The average Bonchev–Trinajstić information content (AvgIpc) is 3.25. The molecule has 1 fully saturated rings. The first-order chi connectivity index (χ1) is 14.7. The number of rotatable bonds is 6. The monoisotopic (exact) mass is 407 g/mol. The maximum atomic E-state index is 13.4. The van der Waals surface area contributed by atoms with Crippen molar-refractivity contribution in [2.45, 2.75) is 0 Å². The zero-order valence-electron chi connectivity index (χ0n) is 17.1. The lowest BCUT2D eigenvalue weighted by Crippen LogP contribution is -3.15. The number of amides is 1. The molecule has 2 heterocycles. The van der Waals surface area contributed by atoms with Crippen molar-refractivity contribution in [3.63, 3.8) is 0 Å². The van der Waals surface area contributed by atoms with Gasteiger partial charge >= 0.3 is 0 Å². The second-order valence-corrected chi connectivity index (χ2v) is 7.42. The minimum atomic E-state index is -0.0157. The number of para-hydroxylation sites is 1. The maximum absolute atomic E-state index is 13.4. The Kier molecular flexibility index (Phi) is 6.11. The average molecular weight is 407 g/mol. The Morgan fingerprint density at radius 2 is 1.90 bits per heavy atom. The number of nitrogens with one attached hydrogen (secondary N) is 1. The third-order valence-corrected chi connectivity index (χ3v) is 5.53. The number of aliphatic hydroxyl groups is 1. The van der Waals surface area contributed by atoms with Crippen molar-refractivity contribution in [3.05, 3.63) is 66.4 Å². The molecule has 2 aromatic carbocycles. The molecule has 1 saturated heterocycles. The van der Waals surface area contributed by atoms with Crippen LogP contribution < -0.4 is 9.64 Å². The van der Waals surface area contributed by atoms with Crippen molar-refractivity contribution in [1.29, 1.82) is 0 Å². The number of aromatic nitrogens is 2. The lowest BCUT2D eigenvalue weighted by atomic mass is 10.1. The number of methoxy groups -OCH3 is 1. The van der Waals surface area contributed by atoms with Crippen LogP contribution in [0.1, 0.15) is 10.4 Å². The van der Waals surface area contributed by atoms with Crippen LogP contribution in [0.15, 0.2) is 60.8 Å². The molecule has 1 amide bonds. The molecule has 0 atom stereocenters. The van der Waals surface area contributed by atoms with Crippen LogP contribution in [0.4, 0.5) is 0 Å². The zero-order chi connectivity index (χ0) is 20.9. The van der Waals surface area contributed by atoms with Crippen LogP contribution in [-0.2, 0) is 0 Å². The van der Waals surface area contributed by atoms with Gasteiger partial charge in [0.1, 0.15) is 18.0 Å². The fourth-order valence-electron chi connectivity index (χ4n) is 3.83. The molecule has 0 aliphatic carbocycles. The van der Waals surface area contributed by atoms with Gasteiger partial charge in [0.2, 0.25) is 0 Å². The minimum absolute atomic E-state index is 0.0157. The number of hydrogen-bond acceptors (Lipinski definition) is 4. The van der Waals surface area contributed by atoms with E-state index in [2.05, 4.69) is 0 Å². The molecule has 30 heavy (non-hydrogen) atoms. The van der Waals surface area contributed by atoms with Crippen molar-refractivity contribution in [3.8, 4) is 22.7 Å². The number of carbonyl (C=O) groups is 1. The lowest BCUT2D eigenvalue weighted by molar-refractivity contribution is -0.904. The summed E-state index contributed by atoms with van der Waals surface area (Å²) in [5, 5.41) is 13.9. The van der Waals surface area contributed by atoms with E-state index in [1.54, 1.807) is 11.8 Å². The van der Waals surface area contributed by atoms with Crippen molar-refractivity contribution < 1.29 is 19.5 Å². The number of piperazine rings is 1. The Balaban J connectivity index is 1.68. The van der Waals surface area contributed by atoms with E-state index in [0.717, 1.165) is 36.6 Å². The Morgan fingerprint density at radius 3 is 2.60 bits per heavy atom. The van der Waals surface area contributed by atoms with Gasteiger partial charge in [0, 0.05) is 11.8 Å². The van der Waals surface area contributed by atoms with Crippen molar-refractivity contribution in [2.24, 2.45) is 0 Å². The summed E-state index contributed by atoms with van der Waals surface area (Å²) >= 11 is 0. The fraction of sp³-hybridized carbons (Fsp3) is 0.304. The second-order valence-electron chi connectivity index (χ2n) is 7.42. The van der Waals surface area contributed by atoms with Gasteiger partial charge in [-0.1, -0.05) is 30.3 Å². The SMILES string of the molecule is COc1cccc(-c2nn(-c3ccccc3)cc2C(=O)N2CC[NH+](CCO)CC2)c1. The van der Waals surface area contributed by atoms with Gasteiger partial charge in [-0.2, -0.15) is 5.10 Å². The number of aliphatic hydroxyl groups excluding tert-OH is 1. The molecule has 0 radical (unpaired) electrons. The first kappa shape index (κ1) is 20.1. The predicted octanol–water partition coefficient (Wildman–Crippen LogP) is 0.881. The molecule has 1 aliphatic heterocycles. The van der Waals surface area contributed by atoms with E-state index >= 15 is 0 Å². The highest BCUT2D eigenvalue weighted by molar-refractivity contribution is 6.00. The van der Waals surface area contributed by atoms with Gasteiger partial charge in [-0.15, -0.1) is 0 Å². The summed E-state index contributed by atoms with van der Waals surface area (Å²) in [5.74, 6) is 0.708. The molecule has 7 heteroatoms. The third kappa shape index (κ3) is 4.22. The van der Waals surface area contributed by atoms with Gasteiger partial charge in [-0.25, -0.2) is 4.68 Å². The third-order valence-electron chi connectivity index (χ3n) is 5.53. The summed E-state index contributed by atoms with van der Waals surface area (Å²) in [6.07, 6.45) is 1.82. The van der Waals surface area contributed by atoms with Gasteiger partial charge in [-0.05, 0) is 24.3 Å². The molecule has 0 spiro atoms. The van der Waals surface area contributed by atoms with Crippen molar-refractivity contribution in [1.82, 2.24) is 14.7 Å². The quantitative estimate of drug-likeness (QED) is 0.637. The van der Waals surface area contributed by atoms with E-state index in [4.69, 9.17) is 14.9 Å². The van der Waals surface area contributed by atoms with Crippen LogP contribution in [0.5, 0.6) is 5.75 Å². The van der Waals surface area contributed by atoms with Gasteiger partial charge in [0.25, 0.3) is 5.91 Å². The van der Waals surface area contributed by atoms with Crippen LogP contribution >= 0.6 is 0 Å². The summed E-state index contributed by atoms with van der Waals surface area (Å²) in [4.78, 5) is 16.7. The smallest absolute Gasteiger partial charge is 0.258 e. The number of benzene rings is 2. The minimum Gasteiger partial charge on any atom is -0.497 e. The highest BCUT2D eigenvalue weighted by atomic mass is 16.5. The molecule has 1 aromatic heterocycles. The second kappa shape index (κ2) is 9.11. The molecule has 0 bridgehead atoms. The van der Waals surface area contributed by atoms with Crippen LogP contribution in [0, 0.1) is 0 Å². The zero-order valence-corrected chi connectivity index (χ0v) is 17.1. The Labute approximate surface area is 176 Å². The van der Waals surface area contributed by atoms with Crippen LogP contribution in [0.25, 0.3) is 16.9 Å². The molecule has 1 aliphatic rings. The Bertz CT molecular complexity index is 995. The maximum Gasteiger partial charge on any atom is 0.258 e. The molecule has 0 saturated carbocycles. The number of quaternary nitrogens is 1.